The van der Waals surface area contributed by atoms with Crippen LogP contribution in [0, 0.1) is 6.92 Å². The van der Waals surface area contributed by atoms with E-state index in [1.54, 1.807) is 0 Å². The summed E-state index contributed by atoms with van der Waals surface area (Å²) in [6.07, 6.45) is 4.51. The third kappa shape index (κ3) is 1.80. The van der Waals surface area contributed by atoms with E-state index in [0.29, 0.717) is 0 Å². The molecule has 0 saturated heterocycles. The van der Waals surface area contributed by atoms with E-state index in [1.807, 2.05) is 11.8 Å². The highest BCUT2D eigenvalue weighted by molar-refractivity contribution is 8.01. The van der Waals surface area contributed by atoms with Crippen molar-refractivity contribution < 1.29 is 0 Å². The van der Waals surface area contributed by atoms with Crippen molar-refractivity contribution in [2.75, 3.05) is 0 Å². The normalized spacial score (nSPS) is 18.4. The molecule has 0 fully saturated rings. The van der Waals surface area contributed by atoms with Crippen LogP contribution in [0.1, 0.15) is 25.0 Å². The molecule has 0 saturated carbocycles. The fourth-order valence-electron chi connectivity index (χ4n) is 1.50. The van der Waals surface area contributed by atoms with Crippen molar-refractivity contribution in [3.05, 3.63) is 35.4 Å². The Hall–Kier alpha value is -0.690. The number of aryl methyl sites for hydroxylation is 1. The summed E-state index contributed by atoms with van der Waals surface area (Å²) in [4.78, 5) is 1.40. The fraction of sp³-hybridized carbons (Fsp3) is 0.333. The van der Waals surface area contributed by atoms with Crippen LogP contribution in [0.25, 0.3) is 6.08 Å². The summed E-state index contributed by atoms with van der Waals surface area (Å²) in [5.74, 6) is 0. The predicted molar refractivity (Wildman–Crippen MR) is 60.1 cm³/mol. The van der Waals surface area contributed by atoms with E-state index in [4.69, 9.17) is 0 Å². The molecule has 0 unspecified atom stereocenters. The summed E-state index contributed by atoms with van der Waals surface area (Å²) in [5, 5.41) is 0. The minimum atomic E-state index is 0.252. The molecule has 0 N–H and O–H groups in total. The Bertz CT molecular complexity index is 361. The van der Waals surface area contributed by atoms with Crippen LogP contribution in [0.4, 0.5) is 0 Å². The zero-order chi connectivity index (χ0) is 9.47. The Labute approximate surface area is 84.0 Å². The number of hydrogen-bond acceptors (Lipinski definition) is 1. The van der Waals surface area contributed by atoms with E-state index in [-0.39, 0.29) is 4.75 Å². The predicted octanol–water partition coefficient (Wildman–Crippen LogP) is 3.89. The topological polar surface area (TPSA) is 0 Å². The first-order chi connectivity index (χ1) is 6.07. The molecule has 0 amide bonds. The van der Waals surface area contributed by atoms with Gasteiger partial charge in [0.2, 0.25) is 0 Å². The van der Waals surface area contributed by atoms with Gasteiger partial charge in [-0.05, 0) is 32.4 Å². The molecule has 1 aromatic rings. The van der Waals surface area contributed by atoms with Crippen LogP contribution in [0.3, 0.4) is 0 Å². The van der Waals surface area contributed by atoms with Gasteiger partial charge in [-0.25, -0.2) is 0 Å². The van der Waals surface area contributed by atoms with Crippen LogP contribution in [-0.4, -0.2) is 4.75 Å². The second-order valence-corrected chi connectivity index (χ2v) is 5.78. The lowest BCUT2D eigenvalue weighted by atomic mass is 10.1. The second kappa shape index (κ2) is 2.91. The molecule has 13 heavy (non-hydrogen) atoms. The molecule has 0 nitrogen and oxygen atoms in total. The minimum Gasteiger partial charge on any atom is -0.115 e. The van der Waals surface area contributed by atoms with Crippen LogP contribution in [0.15, 0.2) is 29.2 Å². The molecule has 1 heteroatoms. The van der Waals surface area contributed by atoms with Crippen LogP contribution in [0.5, 0.6) is 0 Å². The van der Waals surface area contributed by atoms with Crippen LogP contribution in [-0.2, 0) is 0 Å². The maximum absolute atomic E-state index is 2.28. The fourth-order valence-corrected chi connectivity index (χ4v) is 2.58. The van der Waals surface area contributed by atoms with E-state index >= 15 is 0 Å². The Morgan fingerprint density at radius 2 is 2.00 bits per heavy atom. The van der Waals surface area contributed by atoms with Crippen molar-refractivity contribution in [3.63, 3.8) is 0 Å². The van der Waals surface area contributed by atoms with Crippen molar-refractivity contribution in [2.24, 2.45) is 0 Å². The van der Waals surface area contributed by atoms with Gasteiger partial charge in [0, 0.05) is 9.64 Å². The lowest BCUT2D eigenvalue weighted by Gasteiger charge is -2.25. The molecular formula is C12H14S. The lowest BCUT2D eigenvalue weighted by Crippen LogP contribution is -2.12. The van der Waals surface area contributed by atoms with Crippen molar-refractivity contribution in [3.8, 4) is 0 Å². The molecule has 0 bridgehead atoms. The Balaban J connectivity index is 2.47. The second-order valence-electron chi connectivity index (χ2n) is 4.08. The van der Waals surface area contributed by atoms with Gasteiger partial charge in [-0.3, -0.25) is 0 Å². The van der Waals surface area contributed by atoms with Gasteiger partial charge in [0.25, 0.3) is 0 Å². The number of benzene rings is 1. The highest BCUT2D eigenvalue weighted by atomic mass is 32.2. The smallest absolute Gasteiger partial charge is 0.0333 e. The maximum Gasteiger partial charge on any atom is 0.0333 e. The zero-order valence-corrected chi connectivity index (χ0v) is 9.11. The highest BCUT2D eigenvalue weighted by Crippen LogP contribution is 2.40. The first-order valence-corrected chi connectivity index (χ1v) is 5.37. The quantitative estimate of drug-likeness (QED) is 0.598. The van der Waals surface area contributed by atoms with Crippen LogP contribution in [0.2, 0.25) is 0 Å². The summed E-state index contributed by atoms with van der Waals surface area (Å²) in [6, 6.07) is 6.65. The Morgan fingerprint density at radius 1 is 1.23 bits per heavy atom. The van der Waals surface area contributed by atoms with Gasteiger partial charge in [0.15, 0.2) is 0 Å². The lowest BCUT2D eigenvalue weighted by molar-refractivity contribution is 0.896. The summed E-state index contributed by atoms with van der Waals surface area (Å²) in [6.45, 7) is 6.63. The summed E-state index contributed by atoms with van der Waals surface area (Å²) < 4.78 is 0.252. The molecule has 0 aromatic heterocycles. The molecule has 1 aliphatic rings. The van der Waals surface area contributed by atoms with Crippen molar-refractivity contribution in [2.45, 2.75) is 30.4 Å². The van der Waals surface area contributed by atoms with Gasteiger partial charge >= 0.3 is 0 Å². The molecular weight excluding hydrogens is 176 g/mol. The summed E-state index contributed by atoms with van der Waals surface area (Å²) in [7, 11) is 0. The van der Waals surface area contributed by atoms with Gasteiger partial charge in [-0.15, -0.1) is 11.8 Å². The first-order valence-electron chi connectivity index (χ1n) is 4.56. The van der Waals surface area contributed by atoms with Crippen molar-refractivity contribution >= 4 is 17.8 Å². The minimum absolute atomic E-state index is 0.252. The molecule has 0 atom stereocenters. The van der Waals surface area contributed by atoms with Crippen molar-refractivity contribution in [1.82, 2.24) is 0 Å². The van der Waals surface area contributed by atoms with Crippen LogP contribution < -0.4 is 0 Å². The van der Waals surface area contributed by atoms with Gasteiger partial charge in [-0.1, -0.05) is 29.8 Å². The molecule has 1 aromatic carbocycles. The standard InChI is InChI=1S/C12H14S/c1-9-4-5-11-10(8-9)6-7-12(2,3)13-11/h4-8H,1-3H3. The zero-order valence-electron chi connectivity index (χ0n) is 8.29. The highest BCUT2D eigenvalue weighted by Gasteiger charge is 2.20. The SMILES string of the molecule is Cc1ccc2c(c1)C=CC(C)(C)S2. The monoisotopic (exact) mass is 190 g/mol. The molecule has 0 aliphatic carbocycles. The number of hydrogen-bond donors (Lipinski definition) is 0. The molecule has 68 valence electrons. The summed E-state index contributed by atoms with van der Waals surface area (Å²) in [5.41, 5.74) is 2.70. The largest absolute Gasteiger partial charge is 0.115 e. The van der Waals surface area contributed by atoms with Crippen molar-refractivity contribution in [1.29, 1.82) is 0 Å². The van der Waals surface area contributed by atoms with Crippen LogP contribution >= 0.6 is 11.8 Å². The maximum atomic E-state index is 2.28. The van der Waals surface area contributed by atoms with E-state index in [1.165, 1.54) is 16.0 Å². The van der Waals surface area contributed by atoms with Gasteiger partial charge in [0.05, 0.1) is 0 Å². The third-order valence-electron chi connectivity index (χ3n) is 2.20. The first kappa shape index (κ1) is 8.89. The molecule has 2 rings (SSSR count). The van der Waals surface area contributed by atoms with Gasteiger partial charge in [0.1, 0.15) is 0 Å². The average Bonchev–Trinajstić information content (AvgIpc) is 2.05. The van der Waals surface area contributed by atoms with E-state index < -0.39 is 0 Å². The van der Waals surface area contributed by atoms with E-state index in [2.05, 4.69) is 51.1 Å². The molecule has 1 heterocycles. The average molecular weight is 190 g/mol. The van der Waals surface area contributed by atoms with Gasteiger partial charge < -0.3 is 0 Å². The number of rotatable bonds is 0. The summed E-state index contributed by atoms with van der Waals surface area (Å²) >= 11 is 1.94. The number of fused-ring (bicyclic) bond motifs is 1. The number of thioether (sulfide) groups is 1. The molecule has 1 aliphatic heterocycles. The van der Waals surface area contributed by atoms with Gasteiger partial charge in [-0.2, -0.15) is 0 Å². The Morgan fingerprint density at radius 3 is 2.77 bits per heavy atom. The molecule has 0 spiro atoms. The third-order valence-corrected chi connectivity index (χ3v) is 3.46. The Kier molecular flexibility index (Phi) is 1.99. The molecule has 0 radical (unpaired) electrons. The van der Waals surface area contributed by atoms with E-state index in [9.17, 15) is 0 Å². The van der Waals surface area contributed by atoms with E-state index in [0.717, 1.165) is 0 Å².